The number of carboxylic acids is 1. The van der Waals surface area contributed by atoms with Crippen molar-refractivity contribution in [2.45, 2.75) is 26.2 Å². The van der Waals surface area contributed by atoms with Gasteiger partial charge in [-0.15, -0.1) is 0 Å². The van der Waals surface area contributed by atoms with Gasteiger partial charge in [0.1, 0.15) is 0 Å². The van der Waals surface area contributed by atoms with Crippen LogP contribution in [0, 0.1) is 0 Å². The highest BCUT2D eigenvalue weighted by Gasteiger charge is 2.13. The number of carbonyl (C=O) groups is 1. The summed E-state index contributed by atoms with van der Waals surface area (Å²) in [4.78, 5) is 11.5. The third-order valence-electron chi connectivity index (χ3n) is 3.40. The van der Waals surface area contributed by atoms with E-state index in [1.54, 1.807) is 6.08 Å². The fourth-order valence-corrected chi connectivity index (χ4v) is 2.13. The maximum Gasteiger partial charge on any atom is 0.336 e. The van der Waals surface area contributed by atoms with Crippen LogP contribution in [0.5, 0.6) is 0 Å². The minimum absolute atomic E-state index is 0.0945. The predicted octanol–water partition coefficient (Wildman–Crippen LogP) is 4.61. The van der Waals surface area contributed by atoms with Gasteiger partial charge in [-0.05, 0) is 28.2 Å². The van der Waals surface area contributed by atoms with E-state index in [-0.39, 0.29) is 5.41 Å². The Morgan fingerprint density at radius 3 is 2.00 bits per heavy atom. The summed E-state index contributed by atoms with van der Waals surface area (Å²) in [5, 5.41) is 9.40. The summed E-state index contributed by atoms with van der Waals surface area (Å²) in [5.74, 6) is -0.916. The number of hydrogen-bond acceptors (Lipinski definition) is 1. The molecule has 2 aromatic carbocycles. The largest absolute Gasteiger partial charge is 0.478 e. The number of benzene rings is 2. The van der Waals surface area contributed by atoms with Crippen molar-refractivity contribution >= 4 is 17.6 Å². The summed E-state index contributed by atoms with van der Waals surface area (Å²) in [6.45, 7) is 6.47. The van der Waals surface area contributed by atoms with Crippen LogP contribution in [0.25, 0.3) is 11.6 Å². The van der Waals surface area contributed by atoms with Crippen LogP contribution in [0.15, 0.2) is 54.6 Å². The molecule has 0 saturated carbocycles. The molecule has 2 heteroatoms. The SMILES string of the molecule is CC(C)(C)c1ccc(/C=C(\C(=O)O)c2ccccc2)cc1. The van der Waals surface area contributed by atoms with E-state index in [1.165, 1.54) is 5.56 Å². The van der Waals surface area contributed by atoms with E-state index in [9.17, 15) is 9.90 Å². The summed E-state index contributed by atoms with van der Waals surface area (Å²) in [7, 11) is 0. The van der Waals surface area contributed by atoms with Gasteiger partial charge in [0, 0.05) is 0 Å². The lowest BCUT2D eigenvalue weighted by Gasteiger charge is -2.18. The van der Waals surface area contributed by atoms with Crippen LogP contribution >= 0.6 is 0 Å². The van der Waals surface area contributed by atoms with Crippen LogP contribution in [0.4, 0.5) is 0 Å². The molecule has 0 fully saturated rings. The quantitative estimate of drug-likeness (QED) is 0.658. The zero-order valence-corrected chi connectivity index (χ0v) is 12.6. The van der Waals surface area contributed by atoms with E-state index in [1.807, 2.05) is 42.5 Å². The lowest BCUT2D eigenvalue weighted by Crippen LogP contribution is -2.10. The average Bonchev–Trinajstić information content (AvgIpc) is 2.45. The fourth-order valence-electron chi connectivity index (χ4n) is 2.13. The molecule has 0 saturated heterocycles. The van der Waals surface area contributed by atoms with Crippen molar-refractivity contribution in [1.82, 2.24) is 0 Å². The molecular weight excluding hydrogens is 260 g/mol. The van der Waals surface area contributed by atoms with E-state index in [0.29, 0.717) is 11.1 Å². The third-order valence-corrected chi connectivity index (χ3v) is 3.40. The Morgan fingerprint density at radius 1 is 0.952 bits per heavy atom. The number of hydrogen-bond donors (Lipinski definition) is 1. The van der Waals surface area contributed by atoms with Gasteiger partial charge in [-0.3, -0.25) is 0 Å². The van der Waals surface area contributed by atoms with Gasteiger partial charge in [0.25, 0.3) is 0 Å². The second kappa shape index (κ2) is 5.96. The molecule has 21 heavy (non-hydrogen) atoms. The second-order valence-electron chi connectivity index (χ2n) is 6.10. The minimum atomic E-state index is -0.916. The van der Waals surface area contributed by atoms with Crippen LogP contribution in [0.3, 0.4) is 0 Å². The first-order chi connectivity index (χ1) is 9.88. The summed E-state index contributed by atoms with van der Waals surface area (Å²) in [6.07, 6.45) is 1.71. The summed E-state index contributed by atoms with van der Waals surface area (Å²) >= 11 is 0. The van der Waals surface area contributed by atoms with Crippen molar-refractivity contribution in [2.75, 3.05) is 0 Å². The monoisotopic (exact) mass is 280 g/mol. The van der Waals surface area contributed by atoms with Crippen LogP contribution in [-0.4, -0.2) is 11.1 Å². The van der Waals surface area contributed by atoms with Gasteiger partial charge in [-0.25, -0.2) is 4.79 Å². The number of rotatable bonds is 3. The van der Waals surface area contributed by atoms with E-state index in [2.05, 4.69) is 32.9 Å². The first-order valence-electron chi connectivity index (χ1n) is 6.99. The number of aliphatic carboxylic acids is 1. The van der Waals surface area contributed by atoms with E-state index in [4.69, 9.17) is 0 Å². The van der Waals surface area contributed by atoms with Crippen molar-refractivity contribution in [3.8, 4) is 0 Å². The van der Waals surface area contributed by atoms with Crippen molar-refractivity contribution < 1.29 is 9.90 Å². The molecule has 2 nitrogen and oxygen atoms in total. The van der Waals surface area contributed by atoms with Gasteiger partial charge in [0.05, 0.1) is 5.57 Å². The Morgan fingerprint density at radius 2 is 1.52 bits per heavy atom. The third kappa shape index (κ3) is 3.82. The lowest BCUT2D eigenvalue weighted by atomic mass is 9.86. The smallest absolute Gasteiger partial charge is 0.336 e. The zero-order chi connectivity index (χ0) is 15.5. The molecule has 0 spiro atoms. The van der Waals surface area contributed by atoms with Gasteiger partial charge in [-0.2, -0.15) is 0 Å². The molecule has 2 aromatic rings. The molecule has 0 aliphatic carbocycles. The Balaban J connectivity index is 2.38. The van der Waals surface area contributed by atoms with Crippen LogP contribution < -0.4 is 0 Å². The molecule has 2 rings (SSSR count). The first kappa shape index (κ1) is 15.0. The highest BCUT2D eigenvalue weighted by Crippen LogP contribution is 2.24. The van der Waals surface area contributed by atoms with Gasteiger partial charge >= 0.3 is 5.97 Å². The molecular formula is C19H20O2. The molecule has 0 bridgehead atoms. The van der Waals surface area contributed by atoms with Gasteiger partial charge in [0.15, 0.2) is 0 Å². The fraction of sp³-hybridized carbons (Fsp3) is 0.211. The predicted molar refractivity (Wildman–Crippen MR) is 87.1 cm³/mol. The molecule has 0 amide bonds. The molecule has 1 N–H and O–H groups in total. The zero-order valence-electron chi connectivity index (χ0n) is 12.6. The summed E-state index contributed by atoms with van der Waals surface area (Å²) < 4.78 is 0. The van der Waals surface area contributed by atoms with E-state index < -0.39 is 5.97 Å². The Bertz CT molecular complexity index is 644. The van der Waals surface area contributed by atoms with Crippen LogP contribution in [-0.2, 0) is 10.2 Å². The Labute approximate surface area is 125 Å². The Hall–Kier alpha value is -2.35. The summed E-state index contributed by atoms with van der Waals surface area (Å²) in [6, 6.07) is 17.2. The van der Waals surface area contributed by atoms with Crippen molar-refractivity contribution in [1.29, 1.82) is 0 Å². The summed E-state index contributed by atoms with van der Waals surface area (Å²) in [5.41, 5.74) is 3.24. The molecule has 108 valence electrons. The van der Waals surface area contributed by atoms with Crippen LogP contribution in [0.2, 0.25) is 0 Å². The van der Waals surface area contributed by atoms with Crippen molar-refractivity contribution in [2.24, 2.45) is 0 Å². The molecule has 0 atom stereocenters. The van der Waals surface area contributed by atoms with Crippen molar-refractivity contribution in [3.05, 3.63) is 71.3 Å². The highest BCUT2D eigenvalue weighted by atomic mass is 16.4. The standard InChI is InChI=1S/C19H20O2/c1-19(2,3)16-11-9-14(10-12-16)13-17(18(20)21)15-7-5-4-6-8-15/h4-13H,1-3H3,(H,20,21)/b17-13-. The van der Waals surface area contributed by atoms with E-state index >= 15 is 0 Å². The molecule has 0 radical (unpaired) electrons. The molecule has 0 unspecified atom stereocenters. The molecule has 0 aromatic heterocycles. The highest BCUT2D eigenvalue weighted by molar-refractivity contribution is 6.20. The van der Waals surface area contributed by atoms with Crippen molar-refractivity contribution in [3.63, 3.8) is 0 Å². The maximum absolute atomic E-state index is 11.5. The first-order valence-corrected chi connectivity index (χ1v) is 6.99. The topological polar surface area (TPSA) is 37.3 Å². The Kier molecular flexibility index (Phi) is 4.27. The molecule has 0 aliphatic rings. The average molecular weight is 280 g/mol. The number of carboxylic acid groups (broad SMARTS) is 1. The van der Waals surface area contributed by atoms with Gasteiger partial charge in [-0.1, -0.05) is 75.4 Å². The maximum atomic E-state index is 11.5. The minimum Gasteiger partial charge on any atom is -0.478 e. The van der Waals surface area contributed by atoms with Crippen LogP contribution in [0.1, 0.15) is 37.5 Å². The van der Waals surface area contributed by atoms with Gasteiger partial charge < -0.3 is 5.11 Å². The normalized spacial score (nSPS) is 12.2. The second-order valence-corrected chi connectivity index (χ2v) is 6.10. The lowest BCUT2D eigenvalue weighted by molar-refractivity contribution is -0.130. The van der Waals surface area contributed by atoms with Gasteiger partial charge in [0.2, 0.25) is 0 Å². The molecule has 0 aliphatic heterocycles. The van der Waals surface area contributed by atoms with E-state index in [0.717, 1.165) is 5.56 Å². The molecule has 0 heterocycles.